The van der Waals surface area contributed by atoms with Crippen molar-refractivity contribution in [2.75, 3.05) is 13.2 Å². The maximum Gasteiger partial charge on any atom is 0.0643 e. The van der Waals surface area contributed by atoms with Gasteiger partial charge in [0.1, 0.15) is 0 Å². The summed E-state index contributed by atoms with van der Waals surface area (Å²) in [5.41, 5.74) is 3.37. The molecular formula is C30H50O4. The van der Waals surface area contributed by atoms with Crippen LogP contribution in [0.2, 0.25) is 0 Å². The number of allylic oxidation sites excluding steroid dienone is 3. The van der Waals surface area contributed by atoms with Crippen LogP contribution in [0.15, 0.2) is 35.5 Å². The Kier molecular flexibility index (Phi) is 9.65. The molecular weight excluding hydrogens is 424 g/mol. The average molecular weight is 475 g/mol. The Morgan fingerprint density at radius 1 is 1.24 bits per heavy atom. The van der Waals surface area contributed by atoms with E-state index in [1.54, 1.807) is 5.57 Å². The highest BCUT2D eigenvalue weighted by atomic mass is 16.5. The number of aliphatic hydroxyl groups excluding tert-OH is 2. The minimum absolute atomic E-state index is 0.0236. The Labute approximate surface area is 208 Å². The fraction of sp³-hybridized carbons (Fsp3) is 0.800. The third-order valence-electron chi connectivity index (χ3n) is 9.72. The van der Waals surface area contributed by atoms with Crippen LogP contribution in [0.1, 0.15) is 98.3 Å². The molecule has 4 heteroatoms. The van der Waals surface area contributed by atoms with Gasteiger partial charge in [-0.3, -0.25) is 0 Å². The molecule has 0 bridgehead atoms. The minimum Gasteiger partial charge on any atom is -0.396 e. The zero-order chi connectivity index (χ0) is 24.9. The topological polar surface area (TPSA) is 69.9 Å². The van der Waals surface area contributed by atoms with Crippen LogP contribution in [0, 0.1) is 23.2 Å². The van der Waals surface area contributed by atoms with E-state index in [9.17, 15) is 15.3 Å². The van der Waals surface area contributed by atoms with Crippen molar-refractivity contribution in [2.45, 2.75) is 116 Å². The predicted molar refractivity (Wildman–Crippen MR) is 139 cm³/mol. The molecule has 0 aromatic heterocycles. The van der Waals surface area contributed by atoms with Crippen molar-refractivity contribution < 1.29 is 20.1 Å². The van der Waals surface area contributed by atoms with Crippen molar-refractivity contribution in [3.63, 3.8) is 0 Å². The van der Waals surface area contributed by atoms with Crippen LogP contribution in [-0.4, -0.2) is 46.3 Å². The van der Waals surface area contributed by atoms with Crippen molar-refractivity contribution >= 4 is 0 Å². The van der Waals surface area contributed by atoms with E-state index in [2.05, 4.69) is 46.4 Å². The van der Waals surface area contributed by atoms with Gasteiger partial charge in [0.15, 0.2) is 0 Å². The van der Waals surface area contributed by atoms with Gasteiger partial charge >= 0.3 is 0 Å². The maximum absolute atomic E-state index is 10.5. The van der Waals surface area contributed by atoms with E-state index in [1.807, 2.05) is 0 Å². The molecule has 0 amide bonds. The number of fused-ring (bicyclic) bond motifs is 1. The molecule has 194 valence electrons. The van der Waals surface area contributed by atoms with Crippen molar-refractivity contribution in [1.82, 2.24) is 0 Å². The lowest BCUT2D eigenvalue weighted by Gasteiger charge is -2.44. The number of aliphatic hydroxyl groups is 3. The smallest absolute Gasteiger partial charge is 0.0643 e. The number of rotatable bonds is 10. The van der Waals surface area contributed by atoms with E-state index in [4.69, 9.17) is 4.74 Å². The lowest BCUT2D eigenvalue weighted by atomic mass is 9.62. The summed E-state index contributed by atoms with van der Waals surface area (Å²) in [4.78, 5) is 0. The highest BCUT2D eigenvalue weighted by Gasteiger charge is 2.51. The zero-order valence-electron chi connectivity index (χ0n) is 22.2. The van der Waals surface area contributed by atoms with E-state index in [1.165, 1.54) is 25.7 Å². The molecule has 3 saturated carbocycles. The maximum atomic E-state index is 10.5. The van der Waals surface area contributed by atoms with E-state index >= 15 is 0 Å². The molecule has 3 N–H and O–H groups in total. The molecule has 34 heavy (non-hydrogen) atoms. The van der Waals surface area contributed by atoms with Crippen LogP contribution in [-0.2, 0) is 4.74 Å². The first-order chi connectivity index (χ1) is 16.2. The molecule has 4 nitrogen and oxygen atoms in total. The Morgan fingerprint density at radius 2 is 1.97 bits per heavy atom. The van der Waals surface area contributed by atoms with Gasteiger partial charge in [0.05, 0.1) is 24.4 Å². The molecule has 0 aliphatic heterocycles. The largest absolute Gasteiger partial charge is 0.396 e. The van der Waals surface area contributed by atoms with Crippen LogP contribution >= 0.6 is 0 Å². The molecule has 3 fully saturated rings. The molecule has 3 aliphatic carbocycles. The number of ether oxygens (including phenoxy) is 1. The van der Waals surface area contributed by atoms with Gasteiger partial charge < -0.3 is 20.1 Å². The van der Waals surface area contributed by atoms with Crippen molar-refractivity contribution in [1.29, 1.82) is 0 Å². The van der Waals surface area contributed by atoms with Gasteiger partial charge in [-0.25, -0.2) is 0 Å². The second-order valence-corrected chi connectivity index (χ2v) is 11.6. The first-order valence-electron chi connectivity index (χ1n) is 13.9. The standard InChI is InChI=1S/C30H50O4/c1-6-30(33,7-2)16-9-17-34-22(4)27-13-14-28-23(10-8-15-29(27,28)5)11-12-24-18-26(32)19-25(20-31)21(24)3/h11-12,22,25-28,31-33H,3,6-10,13-20H2,1-2,4-5H3/b23-11+,24-12-/t22-,25+,26+,27?,28+,29-/m1/s1. The average Bonchev–Trinajstić information content (AvgIpc) is 3.19. The number of hydrogen-bond donors (Lipinski definition) is 3. The molecule has 0 heterocycles. The molecule has 3 aliphatic rings. The summed E-state index contributed by atoms with van der Waals surface area (Å²) in [7, 11) is 0. The normalized spacial score (nSPS) is 35.7. The quantitative estimate of drug-likeness (QED) is 0.334. The Morgan fingerprint density at radius 3 is 2.65 bits per heavy atom. The zero-order valence-corrected chi connectivity index (χ0v) is 22.2. The minimum atomic E-state index is -0.536. The van der Waals surface area contributed by atoms with Gasteiger partial charge in [-0.15, -0.1) is 0 Å². The molecule has 3 rings (SSSR count). The Bertz CT molecular complexity index is 749. The molecule has 6 atom stereocenters. The van der Waals surface area contributed by atoms with Gasteiger partial charge in [-0.1, -0.05) is 45.1 Å². The summed E-state index contributed by atoms with van der Waals surface area (Å²) < 4.78 is 6.36. The van der Waals surface area contributed by atoms with Gasteiger partial charge in [-0.05, 0) is 106 Å². The summed E-state index contributed by atoms with van der Waals surface area (Å²) >= 11 is 0. The molecule has 0 radical (unpaired) electrons. The van der Waals surface area contributed by atoms with Crippen LogP contribution in [0.3, 0.4) is 0 Å². The molecule has 0 aromatic carbocycles. The highest BCUT2D eigenvalue weighted by molar-refractivity contribution is 5.38. The first-order valence-corrected chi connectivity index (χ1v) is 13.9. The van der Waals surface area contributed by atoms with Crippen molar-refractivity contribution in [3.05, 3.63) is 35.5 Å². The fourth-order valence-electron chi connectivity index (χ4n) is 7.21. The SMILES string of the molecule is C=C1/C(=C\C=C2/CCC[C@]3(C)C([C@@H](C)OCCCC(O)(CC)CC)CC[C@@H]23)C[C@H](O)C[C@H]1CO. The summed E-state index contributed by atoms with van der Waals surface area (Å²) in [6, 6.07) is 0. The van der Waals surface area contributed by atoms with Crippen LogP contribution in [0.4, 0.5) is 0 Å². The second-order valence-electron chi connectivity index (χ2n) is 11.6. The van der Waals surface area contributed by atoms with E-state index in [0.717, 1.165) is 49.9 Å². The van der Waals surface area contributed by atoms with E-state index in [0.29, 0.717) is 24.7 Å². The van der Waals surface area contributed by atoms with Gasteiger partial charge in [-0.2, -0.15) is 0 Å². The molecule has 0 aromatic rings. The van der Waals surface area contributed by atoms with Crippen molar-refractivity contribution in [2.24, 2.45) is 23.2 Å². The third-order valence-corrected chi connectivity index (χ3v) is 9.72. The monoisotopic (exact) mass is 474 g/mol. The fourth-order valence-corrected chi connectivity index (χ4v) is 7.21. The van der Waals surface area contributed by atoms with Gasteiger partial charge in [0.2, 0.25) is 0 Å². The van der Waals surface area contributed by atoms with E-state index < -0.39 is 5.60 Å². The second kappa shape index (κ2) is 11.9. The van der Waals surface area contributed by atoms with Crippen LogP contribution in [0.5, 0.6) is 0 Å². The Balaban J connectivity index is 1.63. The summed E-state index contributed by atoms with van der Waals surface area (Å²) in [5.74, 6) is 1.13. The third kappa shape index (κ3) is 6.06. The number of hydrogen-bond acceptors (Lipinski definition) is 4. The van der Waals surface area contributed by atoms with Gasteiger partial charge in [0, 0.05) is 12.5 Å². The highest BCUT2D eigenvalue weighted by Crippen LogP contribution is 2.58. The summed E-state index contributed by atoms with van der Waals surface area (Å²) in [6.45, 7) is 13.9. The lowest BCUT2D eigenvalue weighted by molar-refractivity contribution is -0.0365. The van der Waals surface area contributed by atoms with Gasteiger partial charge in [0.25, 0.3) is 0 Å². The first kappa shape index (κ1) is 27.6. The summed E-state index contributed by atoms with van der Waals surface area (Å²) in [6.07, 6.45) is 15.0. The summed E-state index contributed by atoms with van der Waals surface area (Å²) in [5, 5.41) is 30.4. The Hall–Kier alpha value is -0.940. The lowest BCUT2D eigenvalue weighted by Crippen LogP contribution is -2.39. The predicted octanol–water partition coefficient (Wildman–Crippen LogP) is 6.11. The molecule has 0 spiro atoms. The van der Waals surface area contributed by atoms with Crippen LogP contribution < -0.4 is 0 Å². The van der Waals surface area contributed by atoms with Crippen molar-refractivity contribution in [3.8, 4) is 0 Å². The molecule has 0 saturated heterocycles. The van der Waals surface area contributed by atoms with Crippen LogP contribution in [0.25, 0.3) is 0 Å². The molecule has 1 unspecified atom stereocenters. The van der Waals surface area contributed by atoms with E-state index in [-0.39, 0.29) is 30.1 Å².